The van der Waals surface area contributed by atoms with Crippen LogP contribution >= 0.6 is 0 Å². The van der Waals surface area contributed by atoms with Crippen molar-refractivity contribution in [3.8, 4) is 0 Å². The summed E-state index contributed by atoms with van der Waals surface area (Å²) in [4.78, 5) is 29.8. The number of aliphatic carboxylic acids is 1. The Labute approximate surface area is 170 Å². The Bertz CT molecular complexity index is 896. The summed E-state index contributed by atoms with van der Waals surface area (Å²) >= 11 is 0. The molecule has 0 spiro atoms. The van der Waals surface area contributed by atoms with Gasteiger partial charge in [-0.1, -0.05) is 6.07 Å². The average molecular weight is 430 g/mol. The zero-order chi connectivity index (χ0) is 22.5. The zero-order valence-electron chi connectivity index (χ0n) is 16.5. The van der Waals surface area contributed by atoms with Crippen molar-refractivity contribution >= 4 is 11.9 Å². The highest BCUT2D eigenvalue weighted by Gasteiger charge is 2.38. The van der Waals surface area contributed by atoms with Gasteiger partial charge in [0.2, 0.25) is 0 Å². The second kappa shape index (κ2) is 9.70. The molecule has 1 amide bonds. The molecular formula is C19H22F4N4O3. The predicted molar refractivity (Wildman–Crippen MR) is 99.3 cm³/mol. The maximum absolute atomic E-state index is 13.3. The first-order valence-corrected chi connectivity index (χ1v) is 9.02. The molecule has 1 aliphatic heterocycles. The van der Waals surface area contributed by atoms with Crippen molar-refractivity contribution in [1.29, 1.82) is 0 Å². The Hall–Kier alpha value is -2.95. The third-order valence-corrected chi connectivity index (χ3v) is 4.30. The number of benzene rings is 1. The Morgan fingerprint density at radius 1 is 1.20 bits per heavy atom. The summed E-state index contributed by atoms with van der Waals surface area (Å²) in [6.45, 7) is 2.76. The van der Waals surface area contributed by atoms with E-state index in [-0.39, 0.29) is 11.7 Å². The van der Waals surface area contributed by atoms with Crippen LogP contribution in [0.5, 0.6) is 0 Å². The number of carbonyl (C=O) groups is 2. The van der Waals surface area contributed by atoms with Crippen LogP contribution in [-0.2, 0) is 24.3 Å². The first kappa shape index (κ1) is 23.3. The number of rotatable bonds is 3. The first-order chi connectivity index (χ1) is 14.0. The lowest BCUT2D eigenvalue weighted by molar-refractivity contribution is -0.192. The maximum atomic E-state index is 13.3. The molecule has 1 N–H and O–H groups in total. The van der Waals surface area contributed by atoms with Crippen LogP contribution in [0, 0.1) is 5.82 Å². The number of carboxylic acid groups (broad SMARTS) is 1. The molecule has 0 atom stereocenters. The van der Waals surface area contributed by atoms with Gasteiger partial charge in [-0.15, -0.1) is 0 Å². The monoisotopic (exact) mass is 430 g/mol. The Balaban J connectivity index is 0.000000396. The van der Waals surface area contributed by atoms with Crippen molar-refractivity contribution in [2.24, 2.45) is 0 Å². The molecule has 1 aromatic carbocycles. The van der Waals surface area contributed by atoms with Crippen LogP contribution in [0.3, 0.4) is 0 Å². The summed E-state index contributed by atoms with van der Waals surface area (Å²) in [5, 5.41) is 7.12. The van der Waals surface area contributed by atoms with E-state index in [1.54, 1.807) is 17.0 Å². The minimum Gasteiger partial charge on any atom is -0.475 e. The van der Waals surface area contributed by atoms with E-state index in [1.165, 1.54) is 12.1 Å². The fraction of sp³-hybridized carbons (Fsp3) is 0.421. The number of aromatic nitrogens is 2. The molecule has 1 aromatic heterocycles. The maximum Gasteiger partial charge on any atom is 0.490 e. The number of carboxylic acids is 1. The van der Waals surface area contributed by atoms with Gasteiger partial charge in [0.1, 0.15) is 11.6 Å². The second-order valence-electron chi connectivity index (χ2n) is 6.91. The highest BCUT2D eigenvalue weighted by molar-refractivity contribution is 5.94. The van der Waals surface area contributed by atoms with Crippen LogP contribution in [0.15, 0.2) is 30.5 Å². The predicted octanol–water partition coefficient (Wildman–Crippen LogP) is 2.42. The van der Waals surface area contributed by atoms with Crippen LogP contribution in [0.4, 0.5) is 17.6 Å². The van der Waals surface area contributed by atoms with Crippen LogP contribution in [0.25, 0.3) is 0 Å². The molecule has 7 nitrogen and oxygen atoms in total. The number of halogens is 4. The van der Waals surface area contributed by atoms with Gasteiger partial charge < -0.3 is 19.5 Å². The highest BCUT2D eigenvalue weighted by atomic mass is 19.4. The normalized spacial score (nSPS) is 13.9. The van der Waals surface area contributed by atoms with E-state index in [1.807, 2.05) is 20.3 Å². The molecule has 11 heteroatoms. The van der Waals surface area contributed by atoms with Crippen molar-refractivity contribution < 1.29 is 32.3 Å². The quantitative estimate of drug-likeness (QED) is 0.757. The van der Waals surface area contributed by atoms with Gasteiger partial charge in [0.05, 0.1) is 5.69 Å². The topological polar surface area (TPSA) is 78.7 Å². The smallest absolute Gasteiger partial charge is 0.475 e. The summed E-state index contributed by atoms with van der Waals surface area (Å²) in [5.74, 6) is -2.25. The van der Waals surface area contributed by atoms with Gasteiger partial charge in [-0.2, -0.15) is 13.2 Å². The molecule has 2 aromatic rings. The van der Waals surface area contributed by atoms with Gasteiger partial charge in [0, 0.05) is 44.4 Å². The number of nitrogens with zero attached hydrogens (tertiary/aromatic N) is 4. The van der Waals surface area contributed by atoms with Gasteiger partial charge in [0.15, 0.2) is 0 Å². The van der Waals surface area contributed by atoms with E-state index in [9.17, 15) is 22.4 Å². The van der Waals surface area contributed by atoms with Crippen LogP contribution < -0.4 is 0 Å². The molecule has 0 aliphatic carbocycles. The van der Waals surface area contributed by atoms with Gasteiger partial charge in [-0.3, -0.25) is 4.79 Å². The third kappa shape index (κ3) is 6.28. The Morgan fingerprint density at radius 3 is 2.43 bits per heavy atom. The molecule has 2 heterocycles. The molecule has 164 valence electrons. The lowest BCUT2D eigenvalue weighted by atomic mass is 10.2. The van der Waals surface area contributed by atoms with Crippen molar-refractivity contribution in [1.82, 2.24) is 19.4 Å². The standard InChI is InChI=1S/C17H21FN4O.C2HF3O2/c1-20(2)12-15-11-19-16-6-7-21(8-9-22(15)16)17(23)13-4-3-5-14(18)10-13;3-2(4,5)1(6)7/h3-5,10-11H,6-9,12H2,1-2H3;(H,6,7). The first-order valence-electron chi connectivity index (χ1n) is 9.02. The number of fused-ring (bicyclic) bond motifs is 1. The minimum absolute atomic E-state index is 0.121. The van der Waals surface area contributed by atoms with E-state index in [2.05, 4.69) is 14.5 Å². The molecule has 1 aliphatic rings. The fourth-order valence-corrected chi connectivity index (χ4v) is 2.95. The van der Waals surface area contributed by atoms with Crippen molar-refractivity contribution in [3.05, 3.63) is 53.4 Å². The molecule has 0 saturated heterocycles. The Kier molecular flexibility index (Phi) is 7.54. The summed E-state index contributed by atoms with van der Waals surface area (Å²) in [6.07, 6.45) is -2.45. The number of amides is 1. The van der Waals surface area contributed by atoms with Crippen molar-refractivity contribution in [3.63, 3.8) is 0 Å². The number of imidazole rings is 1. The molecule has 0 bridgehead atoms. The molecule has 3 rings (SSSR count). The molecule has 0 unspecified atom stereocenters. The molecule has 30 heavy (non-hydrogen) atoms. The van der Waals surface area contributed by atoms with Gasteiger partial charge in [-0.25, -0.2) is 14.2 Å². The van der Waals surface area contributed by atoms with Gasteiger partial charge in [-0.05, 0) is 32.3 Å². The molecular weight excluding hydrogens is 408 g/mol. The van der Waals surface area contributed by atoms with Crippen LogP contribution in [0.1, 0.15) is 21.9 Å². The molecule has 0 radical (unpaired) electrons. The SMILES string of the molecule is CN(C)Cc1cnc2n1CCN(C(=O)c1cccc(F)c1)CC2.O=C(O)C(F)(F)F. The van der Waals surface area contributed by atoms with E-state index in [4.69, 9.17) is 9.90 Å². The molecule has 0 saturated carbocycles. The zero-order valence-corrected chi connectivity index (χ0v) is 16.5. The largest absolute Gasteiger partial charge is 0.490 e. The van der Waals surface area contributed by atoms with E-state index >= 15 is 0 Å². The lowest BCUT2D eigenvalue weighted by Crippen LogP contribution is -2.33. The highest BCUT2D eigenvalue weighted by Crippen LogP contribution is 2.15. The fourth-order valence-electron chi connectivity index (χ4n) is 2.95. The number of hydrogen-bond acceptors (Lipinski definition) is 4. The number of carbonyl (C=O) groups excluding carboxylic acids is 1. The average Bonchev–Trinajstić information content (AvgIpc) is 2.89. The van der Waals surface area contributed by atoms with Gasteiger partial charge >= 0.3 is 12.1 Å². The van der Waals surface area contributed by atoms with Gasteiger partial charge in [0.25, 0.3) is 5.91 Å². The van der Waals surface area contributed by atoms with E-state index in [0.29, 0.717) is 25.1 Å². The number of hydrogen-bond donors (Lipinski definition) is 1. The lowest BCUT2D eigenvalue weighted by Gasteiger charge is -2.20. The van der Waals surface area contributed by atoms with Crippen molar-refractivity contribution in [2.75, 3.05) is 27.2 Å². The van der Waals surface area contributed by atoms with Crippen LogP contribution in [0.2, 0.25) is 0 Å². The molecule has 0 fully saturated rings. The number of alkyl halides is 3. The van der Waals surface area contributed by atoms with E-state index < -0.39 is 12.1 Å². The summed E-state index contributed by atoms with van der Waals surface area (Å²) in [6, 6.07) is 5.87. The van der Waals surface area contributed by atoms with E-state index in [0.717, 1.165) is 24.6 Å². The van der Waals surface area contributed by atoms with Crippen LogP contribution in [-0.4, -0.2) is 69.7 Å². The summed E-state index contributed by atoms with van der Waals surface area (Å²) < 4.78 is 47.3. The summed E-state index contributed by atoms with van der Waals surface area (Å²) in [7, 11) is 4.05. The second-order valence-corrected chi connectivity index (χ2v) is 6.91. The minimum atomic E-state index is -5.08. The summed E-state index contributed by atoms with van der Waals surface area (Å²) in [5.41, 5.74) is 1.56. The Morgan fingerprint density at radius 2 is 1.87 bits per heavy atom. The van der Waals surface area contributed by atoms with Crippen molar-refractivity contribution in [2.45, 2.75) is 25.7 Å². The third-order valence-electron chi connectivity index (χ3n) is 4.30.